The number of aryl methyl sites for hydroxylation is 1. The van der Waals surface area contributed by atoms with Gasteiger partial charge in [-0.15, -0.1) is 0 Å². The van der Waals surface area contributed by atoms with E-state index in [-0.39, 0.29) is 23.5 Å². The van der Waals surface area contributed by atoms with E-state index >= 15 is 0 Å². The van der Waals surface area contributed by atoms with Crippen LogP contribution in [0.3, 0.4) is 0 Å². The van der Waals surface area contributed by atoms with Crippen molar-refractivity contribution in [1.29, 1.82) is 0 Å². The Labute approximate surface area is 153 Å². The fraction of sp³-hybridized carbons (Fsp3) is 0.632. The van der Waals surface area contributed by atoms with E-state index in [0.29, 0.717) is 37.7 Å². The molecule has 1 aromatic rings. The number of nitrogens with zero attached hydrogens (tertiary/aromatic N) is 3. The summed E-state index contributed by atoms with van der Waals surface area (Å²) in [7, 11) is 1.67. The molecule has 3 heterocycles. The smallest absolute Gasteiger partial charge is 0.255 e. The molecule has 4 rings (SSSR count). The topological polar surface area (TPSA) is 74.8 Å². The maximum absolute atomic E-state index is 12.6. The quantitative estimate of drug-likeness (QED) is 0.845. The third kappa shape index (κ3) is 3.33. The second kappa shape index (κ2) is 6.63. The van der Waals surface area contributed by atoms with Gasteiger partial charge in [0.1, 0.15) is 11.6 Å². The van der Waals surface area contributed by atoms with E-state index in [1.165, 1.54) is 12.8 Å². The summed E-state index contributed by atoms with van der Waals surface area (Å²) in [5, 5.41) is 2.74. The van der Waals surface area contributed by atoms with E-state index in [1.807, 2.05) is 17.9 Å². The van der Waals surface area contributed by atoms with Crippen LogP contribution in [-0.2, 0) is 9.53 Å². The number of aromatic nitrogens is 1. The summed E-state index contributed by atoms with van der Waals surface area (Å²) in [4.78, 5) is 33.0. The van der Waals surface area contributed by atoms with Gasteiger partial charge in [0.2, 0.25) is 5.91 Å². The van der Waals surface area contributed by atoms with E-state index in [4.69, 9.17) is 4.74 Å². The van der Waals surface area contributed by atoms with Crippen molar-refractivity contribution in [2.24, 2.45) is 5.92 Å². The molecule has 1 spiro atoms. The number of nitrogens with one attached hydrogen (secondary N) is 1. The van der Waals surface area contributed by atoms with Gasteiger partial charge in [-0.05, 0) is 37.3 Å². The second-order valence-electron chi connectivity index (χ2n) is 7.91. The monoisotopic (exact) mass is 358 g/mol. The van der Waals surface area contributed by atoms with Crippen LogP contribution in [0.5, 0.6) is 0 Å². The first-order valence-corrected chi connectivity index (χ1v) is 9.30. The van der Waals surface area contributed by atoms with Crippen molar-refractivity contribution in [1.82, 2.24) is 20.1 Å². The van der Waals surface area contributed by atoms with Crippen LogP contribution < -0.4 is 5.32 Å². The minimum Gasteiger partial charge on any atom is -0.368 e. The molecule has 7 heteroatoms. The number of hydrogen-bond acceptors (Lipinski definition) is 5. The van der Waals surface area contributed by atoms with E-state index in [0.717, 1.165) is 12.1 Å². The van der Waals surface area contributed by atoms with Crippen molar-refractivity contribution in [3.63, 3.8) is 0 Å². The van der Waals surface area contributed by atoms with Crippen LogP contribution in [0.15, 0.2) is 18.5 Å². The molecule has 0 bridgehead atoms. The maximum atomic E-state index is 12.6. The SMILES string of the molecule is CNC(=O)[C@@H]1COC2(CN(C(=O)c3cncc(C)c3)C2)CN1CC1CC1. The third-order valence-electron chi connectivity index (χ3n) is 5.59. The summed E-state index contributed by atoms with van der Waals surface area (Å²) in [6.07, 6.45) is 5.85. The molecule has 1 saturated carbocycles. The van der Waals surface area contributed by atoms with Crippen LogP contribution >= 0.6 is 0 Å². The molecule has 140 valence electrons. The summed E-state index contributed by atoms with van der Waals surface area (Å²) in [5.74, 6) is 0.713. The lowest BCUT2D eigenvalue weighted by molar-refractivity contribution is -0.191. The van der Waals surface area contributed by atoms with E-state index in [2.05, 4.69) is 15.2 Å². The van der Waals surface area contributed by atoms with Crippen LogP contribution in [0.2, 0.25) is 0 Å². The first-order valence-electron chi connectivity index (χ1n) is 9.30. The minimum atomic E-state index is -0.341. The molecule has 1 aliphatic carbocycles. The lowest BCUT2D eigenvalue weighted by Crippen LogP contribution is -2.73. The van der Waals surface area contributed by atoms with Gasteiger partial charge in [0.05, 0.1) is 25.3 Å². The van der Waals surface area contributed by atoms with Crippen molar-refractivity contribution >= 4 is 11.8 Å². The molecule has 0 radical (unpaired) electrons. The molecule has 1 N–H and O–H groups in total. The fourth-order valence-corrected chi connectivity index (χ4v) is 3.96. The molecule has 0 unspecified atom stereocenters. The van der Waals surface area contributed by atoms with Crippen LogP contribution in [0.25, 0.3) is 0 Å². The molecule has 1 atom stereocenters. The number of ether oxygens (including phenoxy) is 1. The number of hydrogen-bond donors (Lipinski definition) is 1. The van der Waals surface area contributed by atoms with Crippen LogP contribution in [0.1, 0.15) is 28.8 Å². The molecule has 2 aliphatic heterocycles. The van der Waals surface area contributed by atoms with Crippen molar-refractivity contribution in [3.05, 3.63) is 29.6 Å². The molecular formula is C19H26N4O3. The molecule has 3 aliphatic rings. The van der Waals surface area contributed by atoms with Gasteiger partial charge in [-0.3, -0.25) is 19.5 Å². The Hall–Kier alpha value is -1.99. The lowest BCUT2D eigenvalue weighted by atomic mass is 9.89. The van der Waals surface area contributed by atoms with Crippen molar-refractivity contribution in [3.8, 4) is 0 Å². The lowest BCUT2D eigenvalue weighted by Gasteiger charge is -2.55. The first-order chi connectivity index (χ1) is 12.5. The molecule has 2 saturated heterocycles. The van der Waals surface area contributed by atoms with E-state index in [9.17, 15) is 9.59 Å². The zero-order valence-electron chi connectivity index (χ0n) is 15.4. The molecule has 1 aromatic heterocycles. The summed E-state index contributed by atoms with van der Waals surface area (Å²) in [6, 6.07) is 1.64. The number of carbonyl (C=O) groups is 2. The number of amides is 2. The summed E-state index contributed by atoms with van der Waals surface area (Å²) < 4.78 is 6.10. The number of likely N-dealkylation sites (tertiary alicyclic amines) is 1. The van der Waals surface area contributed by atoms with Gasteiger partial charge in [-0.2, -0.15) is 0 Å². The normalized spacial score (nSPS) is 25.0. The van der Waals surface area contributed by atoms with Gasteiger partial charge in [0, 0.05) is 32.5 Å². The molecule has 0 aromatic carbocycles. The van der Waals surface area contributed by atoms with Gasteiger partial charge in [-0.25, -0.2) is 0 Å². The van der Waals surface area contributed by atoms with Crippen molar-refractivity contribution in [2.45, 2.75) is 31.4 Å². The Morgan fingerprint density at radius 3 is 2.73 bits per heavy atom. The van der Waals surface area contributed by atoms with Gasteiger partial charge < -0.3 is 15.0 Å². The fourth-order valence-electron chi connectivity index (χ4n) is 3.96. The Kier molecular flexibility index (Phi) is 4.44. The van der Waals surface area contributed by atoms with Crippen LogP contribution in [0.4, 0.5) is 0 Å². The van der Waals surface area contributed by atoms with E-state index < -0.39 is 0 Å². The zero-order valence-corrected chi connectivity index (χ0v) is 15.4. The Balaban J connectivity index is 1.41. The summed E-state index contributed by atoms with van der Waals surface area (Å²) in [5.41, 5.74) is 1.25. The highest BCUT2D eigenvalue weighted by Crippen LogP contribution is 2.36. The van der Waals surface area contributed by atoms with Gasteiger partial charge in [0.25, 0.3) is 5.91 Å². The Bertz CT molecular complexity index is 712. The van der Waals surface area contributed by atoms with Crippen LogP contribution in [0, 0.1) is 12.8 Å². The standard InChI is InChI=1S/C19H26N4O3/c1-13-5-15(7-21-6-13)18(25)23-11-19(12-23)10-22(8-14-3-4-14)16(9-26-19)17(24)20-2/h5-7,14,16H,3-4,8-12H2,1-2H3,(H,20,24)/t16-/m0/s1. The van der Waals surface area contributed by atoms with Gasteiger partial charge in [0.15, 0.2) is 0 Å². The summed E-state index contributed by atoms with van der Waals surface area (Å²) >= 11 is 0. The molecule has 2 amide bonds. The molecule has 3 fully saturated rings. The highest BCUT2D eigenvalue weighted by atomic mass is 16.5. The Morgan fingerprint density at radius 1 is 1.31 bits per heavy atom. The largest absolute Gasteiger partial charge is 0.368 e. The predicted molar refractivity (Wildman–Crippen MR) is 95.7 cm³/mol. The number of likely N-dealkylation sites (N-methyl/N-ethyl adjacent to an activating group) is 1. The number of carbonyl (C=O) groups excluding carboxylic acids is 2. The molecule has 26 heavy (non-hydrogen) atoms. The van der Waals surface area contributed by atoms with Gasteiger partial charge >= 0.3 is 0 Å². The molecule has 7 nitrogen and oxygen atoms in total. The average Bonchev–Trinajstić information content (AvgIpc) is 3.42. The minimum absolute atomic E-state index is 0.00223. The average molecular weight is 358 g/mol. The molecular weight excluding hydrogens is 332 g/mol. The van der Waals surface area contributed by atoms with Gasteiger partial charge in [-0.1, -0.05) is 0 Å². The van der Waals surface area contributed by atoms with Crippen molar-refractivity contribution in [2.75, 3.05) is 39.8 Å². The number of rotatable bonds is 4. The second-order valence-corrected chi connectivity index (χ2v) is 7.91. The summed E-state index contributed by atoms with van der Waals surface area (Å²) in [6.45, 7) is 5.11. The predicted octanol–water partition coefficient (Wildman–Crippen LogP) is 0.441. The third-order valence-corrected chi connectivity index (χ3v) is 5.59. The maximum Gasteiger partial charge on any atom is 0.255 e. The highest BCUT2D eigenvalue weighted by molar-refractivity contribution is 5.94. The van der Waals surface area contributed by atoms with Crippen molar-refractivity contribution < 1.29 is 14.3 Å². The Morgan fingerprint density at radius 2 is 2.08 bits per heavy atom. The highest BCUT2D eigenvalue weighted by Gasteiger charge is 2.52. The number of pyridine rings is 1. The first kappa shape index (κ1) is 17.4. The zero-order chi connectivity index (χ0) is 18.3. The van der Waals surface area contributed by atoms with E-state index in [1.54, 1.807) is 19.4 Å². The van der Waals surface area contributed by atoms with Crippen LogP contribution in [-0.4, -0.2) is 78.1 Å². The number of morpholine rings is 1.